The van der Waals surface area contributed by atoms with Crippen LogP contribution in [0.15, 0.2) is 54.6 Å². The molecule has 0 amide bonds. The van der Waals surface area contributed by atoms with Crippen LogP contribution in [0.2, 0.25) is 0 Å². The topological polar surface area (TPSA) is 76.6 Å². The van der Waals surface area contributed by atoms with Gasteiger partial charge in [0.05, 0.1) is 29.9 Å². The minimum absolute atomic E-state index is 0.0114. The van der Waals surface area contributed by atoms with Crippen LogP contribution in [0.25, 0.3) is 33.3 Å². The lowest BCUT2D eigenvalue weighted by Crippen LogP contribution is -2.34. The maximum Gasteiger partial charge on any atom is 0.295 e. The van der Waals surface area contributed by atoms with Crippen LogP contribution in [-0.4, -0.2) is 46.6 Å². The molecule has 198 valence electrons. The molecule has 4 aromatic rings. The van der Waals surface area contributed by atoms with Gasteiger partial charge in [-0.15, -0.1) is 0 Å². The Morgan fingerprint density at radius 1 is 1.00 bits per heavy atom. The van der Waals surface area contributed by atoms with Crippen molar-refractivity contribution in [2.24, 2.45) is 0 Å². The Kier molecular flexibility index (Phi) is 6.86. The predicted molar refractivity (Wildman–Crippen MR) is 140 cm³/mol. The summed E-state index contributed by atoms with van der Waals surface area (Å²) in [6, 6.07) is 16.6. The first-order valence-electron chi connectivity index (χ1n) is 13.2. The van der Waals surface area contributed by atoms with E-state index in [4.69, 9.17) is 14.2 Å². The van der Waals surface area contributed by atoms with Crippen molar-refractivity contribution >= 4 is 11.0 Å². The number of rotatable bonds is 6. The zero-order valence-electron chi connectivity index (χ0n) is 21.1. The third kappa shape index (κ3) is 4.68. The van der Waals surface area contributed by atoms with Crippen LogP contribution in [0.3, 0.4) is 0 Å². The molecule has 2 aliphatic heterocycles. The van der Waals surface area contributed by atoms with E-state index >= 15 is 8.78 Å². The molecule has 0 saturated carbocycles. The molecule has 4 atom stereocenters. The molecule has 2 N–H and O–H groups in total. The normalized spacial score (nSPS) is 23.7. The predicted octanol–water partition coefficient (Wildman–Crippen LogP) is 6.33. The number of ether oxygens (including phenoxy) is 3. The molecule has 1 aromatic heterocycles. The summed E-state index contributed by atoms with van der Waals surface area (Å²) in [7, 11) is 0. The van der Waals surface area contributed by atoms with Crippen LogP contribution in [0, 0.1) is 11.6 Å². The van der Waals surface area contributed by atoms with Gasteiger partial charge in [-0.2, -0.15) is 4.98 Å². The van der Waals surface area contributed by atoms with E-state index in [2.05, 4.69) is 34.2 Å². The molecular formula is C30H30F2N2O4. The fourth-order valence-corrected chi connectivity index (χ4v) is 5.36. The zero-order chi connectivity index (χ0) is 26.2. The summed E-state index contributed by atoms with van der Waals surface area (Å²) in [6.07, 6.45) is 2.35. The van der Waals surface area contributed by atoms with Crippen LogP contribution < -0.4 is 4.74 Å². The Labute approximate surface area is 219 Å². The smallest absolute Gasteiger partial charge is 0.295 e. The molecule has 1 unspecified atom stereocenters. The third-order valence-electron chi connectivity index (χ3n) is 7.52. The molecule has 38 heavy (non-hydrogen) atoms. The average Bonchev–Trinajstić information content (AvgIpc) is 3.52. The van der Waals surface area contributed by atoms with Gasteiger partial charge in [-0.05, 0) is 47.9 Å². The second-order valence-electron chi connectivity index (χ2n) is 9.97. The summed E-state index contributed by atoms with van der Waals surface area (Å²) >= 11 is 0. The number of nitrogens with one attached hydrogen (secondary N) is 1. The molecule has 0 spiro atoms. The van der Waals surface area contributed by atoms with Crippen molar-refractivity contribution in [1.29, 1.82) is 0 Å². The molecule has 3 aromatic carbocycles. The van der Waals surface area contributed by atoms with E-state index in [1.807, 2.05) is 19.1 Å². The van der Waals surface area contributed by atoms with Crippen molar-refractivity contribution < 1.29 is 28.1 Å². The fourth-order valence-electron chi connectivity index (χ4n) is 5.36. The molecule has 8 heteroatoms. The van der Waals surface area contributed by atoms with Crippen LogP contribution in [0.5, 0.6) is 6.01 Å². The Bertz CT molecular complexity index is 1420. The summed E-state index contributed by atoms with van der Waals surface area (Å²) in [4.78, 5) is 7.01. The first-order chi connectivity index (χ1) is 18.5. The van der Waals surface area contributed by atoms with Crippen molar-refractivity contribution in [2.75, 3.05) is 13.2 Å². The van der Waals surface area contributed by atoms with Crippen molar-refractivity contribution in [3.63, 3.8) is 0 Å². The summed E-state index contributed by atoms with van der Waals surface area (Å²) in [6.45, 7) is 2.91. The Morgan fingerprint density at radius 3 is 2.37 bits per heavy atom. The van der Waals surface area contributed by atoms with Gasteiger partial charge in [-0.25, -0.2) is 8.78 Å². The molecule has 2 fully saturated rings. The molecule has 3 heterocycles. The van der Waals surface area contributed by atoms with Crippen molar-refractivity contribution in [3.8, 4) is 28.3 Å². The summed E-state index contributed by atoms with van der Waals surface area (Å²) in [5.41, 5.74) is 3.55. The Balaban J connectivity index is 1.23. The number of H-pyrrole nitrogens is 1. The highest BCUT2D eigenvalue weighted by atomic mass is 19.1. The van der Waals surface area contributed by atoms with Gasteiger partial charge >= 0.3 is 0 Å². The SMILES string of the molecule is CC[C@H]1OC[C@@H](Oc2nc3c(F)c(-c4ccc(-c5ccc(C6CCCCO6)cc5)cc4)c(F)cc3[nH]2)[C@@H]1O. The monoisotopic (exact) mass is 520 g/mol. The second kappa shape index (κ2) is 10.4. The standard InChI is InChI=1S/C30H30F2N2O4/c1-2-23-29(35)25(16-37-23)38-30-33-22-15-21(31)26(27(32)28(22)34-30)20-12-8-18(9-13-20)17-6-10-19(11-7-17)24-5-3-4-14-36-24/h6-13,15,23-25,29,35H,2-5,14,16H2,1H3,(H,33,34)/t23-,24?,25-,29-/m1/s1. The first kappa shape index (κ1) is 25.0. The number of imidazole rings is 1. The van der Waals surface area contributed by atoms with Gasteiger partial charge in [0.15, 0.2) is 11.9 Å². The van der Waals surface area contributed by atoms with Crippen molar-refractivity contribution in [1.82, 2.24) is 9.97 Å². The Morgan fingerprint density at radius 2 is 1.71 bits per heavy atom. The number of nitrogens with zero attached hydrogens (tertiary/aromatic N) is 1. The molecule has 0 aliphatic carbocycles. The maximum atomic E-state index is 15.5. The summed E-state index contributed by atoms with van der Waals surface area (Å²) in [5, 5.41) is 10.3. The second-order valence-corrected chi connectivity index (χ2v) is 9.97. The quantitative estimate of drug-likeness (QED) is 0.311. The van der Waals surface area contributed by atoms with E-state index in [0.717, 1.165) is 30.6 Å². The lowest BCUT2D eigenvalue weighted by Gasteiger charge is -2.23. The van der Waals surface area contributed by atoms with Crippen LogP contribution in [-0.2, 0) is 9.47 Å². The van der Waals surface area contributed by atoms with E-state index in [1.165, 1.54) is 18.1 Å². The van der Waals surface area contributed by atoms with Crippen molar-refractivity contribution in [3.05, 3.63) is 71.8 Å². The minimum Gasteiger partial charge on any atom is -0.456 e. The highest BCUT2D eigenvalue weighted by Gasteiger charge is 2.37. The highest BCUT2D eigenvalue weighted by molar-refractivity contribution is 5.84. The van der Waals surface area contributed by atoms with Gasteiger partial charge in [0.1, 0.15) is 17.4 Å². The van der Waals surface area contributed by atoms with E-state index in [-0.39, 0.29) is 41.4 Å². The summed E-state index contributed by atoms with van der Waals surface area (Å²) < 4.78 is 47.7. The van der Waals surface area contributed by atoms with Crippen LogP contribution in [0.1, 0.15) is 44.3 Å². The van der Waals surface area contributed by atoms with Crippen LogP contribution >= 0.6 is 0 Å². The number of hydrogen-bond acceptors (Lipinski definition) is 5. The number of halogens is 2. The number of benzene rings is 3. The van der Waals surface area contributed by atoms with E-state index < -0.39 is 23.8 Å². The largest absolute Gasteiger partial charge is 0.456 e. The van der Waals surface area contributed by atoms with Gasteiger partial charge in [0.25, 0.3) is 6.01 Å². The average molecular weight is 521 g/mol. The van der Waals surface area contributed by atoms with Gasteiger partial charge in [0.2, 0.25) is 0 Å². The summed E-state index contributed by atoms with van der Waals surface area (Å²) in [5.74, 6) is -1.48. The van der Waals surface area contributed by atoms with Gasteiger partial charge in [-0.1, -0.05) is 55.5 Å². The van der Waals surface area contributed by atoms with E-state index in [1.54, 1.807) is 12.1 Å². The molecule has 2 aliphatic rings. The number of aliphatic hydroxyl groups excluding tert-OH is 1. The fraction of sp³-hybridized carbons (Fsp3) is 0.367. The molecular weight excluding hydrogens is 490 g/mol. The van der Waals surface area contributed by atoms with Crippen LogP contribution in [0.4, 0.5) is 8.78 Å². The Hall–Kier alpha value is -3.33. The number of hydrogen-bond donors (Lipinski definition) is 2. The molecule has 2 saturated heterocycles. The number of aliphatic hydroxyl groups is 1. The first-order valence-corrected chi connectivity index (χ1v) is 13.2. The lowest BCUT2D eigenvalue weighted by atomic mass is 9.96. The van der Waals surface area contributed by atoms with Gasteiger partial charge < -0.3 is 24.3 Å². The molecule has 0 radical (unpaired) electrons. The minimum atomic E-state index is -0.819. The number of aromatic amines is 1. The molecule has 6 rings (SSSR count). The molecule has 0 bridgehead atoms. The zero-order valence-corrected chi connectivity index (χ0v) is 21.1. The number of aromatic nitrogens is 2. The van der Waals surface area contributed by atoms with Crippen molar-refractivity contribution in [2.45, 2.75) is 57.0 Å². The van der Waals surface area contributed by atoms with Gasteiger partial charge in [-0.3, -0.25) is 0 Å². The highest BCUT2D eigenvalue weighted by Crippen LogP contribution is 2.35. The van der Waals surface area contributed by atoms with E-state index in [9.17, 15) is 5.11 Å². The molecule has 6 nitrogen and oxygen atoms in total. The van der Waals surface area contributed by atoms with E-state index in [0.29, 0.717) is 12.0 Å². The third-order valence-corrected chi connectivity index (χ3v) is 7.52. The maximum absolute atomic E-state index is 15.5. The number of fused-ring (bicyclic) bond motifs is 1. The lowest BCUT2D eigenvalue weighted by molar-refractivity contribution is 0.0149. The van der Waals surface area contributed by atoms with Gasteiger partial charge in [0, 0.05) is 12.7 Å².